The van der Waals surface area contributed by atoms with Crippen LogP contribution >= 0.6 is 11.8 Å². The molecule has 2 heterocycles. The fraction of sp³-hybridized carbons (Fsp3) is 0.350. The summed E-state index contributed by atoms with van der Waals surface area (Å²) in [7, 11) is 0. The first-order valence-electron chi connectivity index (χ1n) is 9.26. The summed E-state index contributed by atoms with van der Waals surface area (Å²) in [6.45, 7) is 9.33. The largest absolute Gasteiger partial charge is 0.462 e. The molecule has 0 bridgehead atoms. The smallest absolute Gasteiger partial charge is 0.340 e. The number of carbonyl (C=O) groups excluding carboxylic acids is 2. The van der Waals surface area contributed by atoms with Gasteiger partial charge in [-0.25, -0.2) is 4.79 Å². The number of thioether (sulfide) groups is 1. The van der Waals surface area contributed by atoms with E-state index in [-0.39, 0.29) is 12.4 Å². The van der Waals surface area contributed by atoms with Crippen molar-refractivity contribution in [2.75, 3.05) is 6.61 Å². The summed E-state index contributed by atoms with van der Waals surface area (Å²) in [4.78, 5) is 28.3. The number of aryl methyl sites for hydroxylation is 2. The van der Waals surface area contributed by atoms with Crippen LogP contribution in [0, 0.1) is 20.8 Å². The zero-order valence-corrected chi connectivity index (χ0v) is 17.8. The van der Waals surface area contributed by atoms with Gasteiger partial charge in [-0.15, -0.1) is 5.10 Å². The Morgan fingerprint density at radius 3 is 2.55 bits per heavy atom. The highest BCUT2D eigenvalue weighted by Crippen LogP contribution is 2.28. The van der Waals surface area contributed by atoms with Gasteiger partial charge in [0.1, 0.15) is 0 Å². The Kier molecular flexibility index (Phi) is 6.17. The van der Waals surface area contributed by atoms with Gasteiger partial charge < -0.3 is 9.72 Å². The highest BCUT2D eigenvalue weighted by Gasteiger charge is 2.27. The molecule has 0 aliphatic carbocycles. The lowest BCUT2D eigenvalue weighted by molar-refractivity contribution is 0.0525. The summed E-state index contributed by atoms with van der Waals surface area (Å²) < 4.78 is 6.70. The first-order valence-corrected chi connectivity index (χ1v) is 10.1. The Labute approximate surface area is 173 Å². The van der Waals surface area contributed by atoms with Crippen LogP contribution in [-0.2, 0) is 4.74 Å². The van der Waals surface area contributed by atoms with Gasteiger partial charge in [0.25, 0.3) is 0 Å². The van der Waals surface area contributed by atoms with E-state index in [0.29, 0.717) is 27.7 Å². The Bertz CT molecular complexity index is 1040. The van der Waals surface area contributed by atoms with Gasteiger partial charge in [0.2, 0.25) is 5.16 Å². The summed E-state index contributed by atoms with van der Waals surface area (Å²) in [5.41, 5.74) is 3.98. The zero-order valence-electron chi connectivity index (χ0n) is 17.0. The van der Waals surface area contributed by atoms with Crippen molar-refractivity contribution in [3.63, 3.8) is 0 Å². The number of Topliss-reactive ketones (excluding diaryl/α,β-unsaturated/α-hetero) is 1. The van der Waals surface area contributed by atoms with Crippen molar-refractivity contribution in [3.8, 4) is 5.69 Å². The molecule has 0 aliphatic rings. The number of H-pyrrole nitrogens is 1. The van der Waals surface area contributed by atoms with Crippen molar-refractivity contribution in [1.82, 2.24) is 25.2 Å². The molecule has 0 spiro atoms. The molecule has 0 fully saturated rings. The van der Waals surface area contributed by atoms with E-state index in [1.807, 2.05) is 31.2 Å². The number of aromatic amines is 1. The number of carbonyl (C=O) groups is 2. The number of hydrogen-bond acceptors (Lipinski definition) is 7. The van der Waals surface area contributed by atoms with E-state index in [2.05, 4.69) is 20.5 Å². The number of esters is 1. The lowest BCUT2D eigenvalue weighted by Crippen LogP contribution is -2.16. The minimum atomic E-state index is -0.461. The molecule has 1 aromatic carbocycles. The number of rotatable bonds is 7. The highest BCUT2D eigenvalue weighted by molar-refractivity contribution is 8.00. The van der Waals surface area contributed by atoms with Crippen molar-refractivity contribution in [3.05, 3.63) is 52.3 Å². The molecule has 29 heavy (non-hydrogen) atoms. The van der Waals surface area contributed by atoms with Crippen molar-refractivity contribution in [1.29, 1.82) is 0 Å². The molecule has 1 unspecified atom stereocenters. The average molecular weight is 414 g/mol. The topological polar surface area (TPSA) is 103 Å². The Balaban J connectivity index is 1.83. The molecule has 8 nitrogen and oxygen atoms in total. The van der Waals surface area contributed by atoms with Crippen LogP contribution in [0.25, 0.3) is 5.69 Å². The predicted molar refractivity (Wildman–Crippen MR) is 110 cm³/mol. The van der Waals surface area contributed by atoms with Crippen LogP contribution < -0.4 is 0 Å². The number of nitrogens with zero attached hydrogens (tertiary/aromatic N) is 4. The van der Waals surface area contributed by atoms with Gasteiger partial charge in [0.05, 0.1) is 28.8 Å². The molecule has 0 aliphatic heterocycles. The SMILES string of the molecule is CCOC(=O)c1c(C)[nH]c(C(=O)C(C)Sc2nnnn2-c2ccc(C)cc2)c1C. The van der Waals surface area contributed by atoms with Crippen LogP contribution in [-0.4, -0.2) is 48.8 Å². The van der Waals surface area contributed by atoms with Crippen LogP contribution in [0.1, 0.15) is 51.5 Å². The fourth-order valence-electron chi connectivity index (χ4n) is 3.02. The molecular weight excluding hydrogens is 390 g/mol. The van der Waals surface area contributed by atoms with Gasteiger partial charge in [-0.3, -0.25) is 4.79 Å². The zero-order chi connectivity index (χ0) is 21.1. The number of ether oxygens (including phenoxy) is 1. The predicted octanol–water partition coefficient (Wildman–Crippen LogP) is 3.46. The molecule has 1 atom stereocenters. The Hall–Kier alpha value is -2.94. The lowest BCUT2D eigenvalue weighted by Gasteiger charge is -2.10. The summed E-state index contributed by atoms with van der Waals surface area (Å²) in [6, 6.07) is 7.79. The fourth-order valence-corrected chi connectivity index (χ4v) is 3.89. The van der Waals surface area contributed by atoms with Crippen molar-refractivity contribution in [2.24, 2.45) is 0 Å². The molecule has 3 aromatic rings. The summed E-state index contributed by atoms with van der Waals surface area (Å²) >= 11 is 1.26. The van der Waals surface area contributed by atoms with Gasteiger partial charge in [-0.05, 0) is 62.7 Å². The van der Waals surface area contributed by atoms with Gasteiger partial charge in [-0.1, -0.05) is 29.5 Å². The van der Waals surface area contributed by atoms with Crippen molar-refractivity contribution >= 4 is 23.5 Å². The number of ketones is 1. The number of tetrazole rings is 1. The van der Waals surface area contributed by atoms with E-state index in [9.17, 15) is 9.59 Å². The minimum absolute atomic E-state index is 0.135. The first kappa shape index (κ1) is 20.8. The number of hydrogen-bond donors (Lipinski definition) is 1. The van der Waals surface area contributed by atoms with Gasteiger partial charge in [0.15, 0.2) is 5.78 Å². The molecule has 0 amide bonds. The number of benzene rings is 1. The normalized spacial score (nSPS) is 12.0. The van der Waals surface area contributed by atoms with E-state index in [1.165, 1.54) is 11.8 Å². The maximum atomic E-state index is 13.0. The monoisotopic (exact) mass is 413 g/mol. The molecule has 152 valence electrons. The second-order valence-electron chi connectivity index (χ2n) is 6.68. The van der Waals surface area contributed by atoms with E-state index < -0.39 is 11.2 Å². The molecule has 2 aromatic heterocycles. The standard InChI is InChI=1S/C20H23N5O3S/c1-6-28-19(27)16-12(3)17(21-13(16)4)18(26)14(5)29-20-22-23-24-25(20)15-9-7-11(2)8-10-15/h7-10,14,21H,6H2,1-5H3. The van der Waals surface area contributed by atoms with Crippen molar-refractivity contribution in [2.45, 2.75) is 45.0 Å². The maximum absolute atomic E-state index is 13.0. The Morgan fingerprint density at radius 1 is 1.21 bits per heavy atom. The highest BCUT2D eigenvalue weighted by atomic mass is 32.2. The molecule has 0 radical (unpaired) electrons. The van der Waals surface area contributed by atoms with Gasteiger partial charge >= 0.3 is 5.97 Å². The van der Waals surface area contributed by atoms with E-state index in [1.54, 1.807) is 32.4 Å². The van der Waals surface area contributed by atoms with Crippen LogP contribution in [0.2, 0.25) is 0 Å². The molecule has 1 N–H and O–H groups in total. The molecule has 0 saturated carbocycles. The van der Waals surface area contributed by atoms with Gasteiger partial charge in [0, 0.05) is 5.69 Å². The third kappa shape index (κ3) is 4.24. The van der Waals surface area contributed by atoms with Crippen LogP contribution in [0.5, 0.6) is 0 Å². The second-order valence-corrected chi connectivity index (χ2v) is 7.99. The lowest BCUT2D eigenvalue weighted by atomic mass is 10.1. The van der Waals surface area contributed by atoms with E-state index >= 15 is 0 Å². The van der Waals surface area contributed by atoms with Crippen molar-refractivity contribution < 1.29 is 14.3 Å². The van der Waals surface area contributed by atoms with Crippen LogP contribution in [0.3, 0.4) is 0 Å². The van der Waals surface area contributed by atoms with Crippen LogP contribution in [0.4, 0.5) is 0 Å². The third-order valence-electron chi connectivity index (χ3n) is 4.53. The number of aromatic nitrogens is 5. The maximum Gasteiger partial charge on any atom is 0.340 e. The van der Waals surface area contributed by atoms with E-state index in [4.69, 9.17) is 4.74 Å². The molecule has 3 rings (SSSR count). The first-order chi connectivity index (χ1) is 13.8. The Morgan fingerprint density at radius 2 is 1.90 bits per heavy atom. The number of nitrogens with one attached hydrogen (secondary N) is 1. The quantitative estimate of drug-likeness (QED) is 0.359. The third-order valence-corrected chi connectivity index (χ3v) is 5.57. The van der Waals surface area contributed by atoms with Gasteiger partial charge in [-0.2, -0.15) is 4.68 Å². The summed E-state index contributed by atoms with van der Waals surface area (Å²) in [5.74, 6) is -0.564. The molecular formula is C20H23N5O3S. The summed E-state index contributed by atoms with van der Waals surface area (Å²) in [5, 5.41) is 11.9. The molecule has 0 saturated heterocycles. The van der Waals surface area contributed by atoms with E-state index in [0.717, 1.165) is 11.3 Å². The van der Waals surface area contributed by atoms with Crippen LogP contribution in [0.15, 0.2) is 29.4 Å². The summed E-state index contributed by atoms with van der Waals surface area (Å²) in [6.07, 6.45) is 0. The minimum Gasteiger partial charge on any atom is -0.462 e. The molecule has 9 heteroatoms. The second kappa shape index (κ2) is 8.60. The average Bonchev–Trinajstić information content (AvgIpc) is 3.26.